The normalized spacial score (nSPS) is 11.5. The summed E-state index contributed by atoms with van der Waals surface area (Å²) in [5.74, 6) is -0.283. The molecule has 0 saturated heterocycles. The van der Waals surface area contributed by atoms with Crippen LogP contribution in [0.2, 0.25) is 0 Å². The monoisotopic (exact) mass is 497 g/mol. The first-order chi connectivity index (χ1) is 16.3. The third kappa shape index (κ3) is 4.87. The van der Waals surface area contributed by atoms with E-state index in [2.05, 4.69) is 15.3 Å². The summed E-state index contributed by atoms with van der Waals surface area (Å²) in [7, 11) is -3.46. The Morgan fingerprint density at radius 3 is 2.65 bits per heavy atom. The molecule has 0 amide bonds. The van der Waals surface area contributed by atoms with Gasteiger partial charge in [0.15, 0.2) is 9.84 Å². The Bertz CT molecular complexity index is 1450. The summed E-state index contributed by atoms with van der Waals surface area (Å²) in [5, 5.41) is 13.9. The Labute approximate surface area is 201 Å². The van der Waals surface area contributed by atoms with Crippen molar-refractivity contribution in [3.05, 3.63) is 70.9 Å². The molecule has 0 aliphatic carbocycles. The maximum Gasteiger partial charge on any atom is 0.348 e. The number of aromatic hydroxyl groups is 1. The van der Waals surface area contributed by atoms with Crippen LogP contribution in [0.5, 0.6) is 5.75 Å². The quantitative estimate of drug-likeness (QED) is 0.267. The second kappa shape index (κ2) is 9.78. The highest BCUT2D eigenvalue weighted by atomic mass is 32.2. The molecule has 2 aromatic carbocycles. The van der Waals surface area contributed by atoms with Gasteiger partial charge in [0.25, 0.3) is 0 Å². The van der Waals surface area contributed by atoms with Crippen LogP contribution in [0.3, 0.4) is 0 Å². The molecule has 0 aliphatic rings. The van der Waals surface area contributed by atoms with Crippen molar-refractivity contribution in [2.45, 2.75) is 25.2 Å². The molecule has 34 heavy (non-hydrogen) atoms. The number of phenolic OH excluding ortho intramolecular Hbond substituents is 1. The van der Waals surface area contributed by atoms with E-state index in [-0.39, 0.29) is 28.7 Å². The minimum Gasteiger partial charge on any atom is -0.506 e. The molecule has 8 nitrogen and oxygen atoms in total. The van der Waals surface area contributed by atoms with Crippen LogP contribution in [-0.2, 0) is 21.0 Å². The maximum atomic E-state index is 12.8. The molecule has 0 fully saturated rings. The van der Waals surface area contributed by atoms with Crippen molar-refractivity contribution in [1.29, 1.82) is 0 Å². The van der Waals surface area contributed by atoms with Gasteiger partial charge >= 0.3 is 5.97 Å². The van der Waals surface area contributed by atoms with E-state index in [0.29, 0.717) is 32.9 Å². The van der Waals surface area contributed by atoms with Gasteiger partial charge in [-0.1, -0.05) is 37.3 Å². The Morgan fingerprint density at radius 1 is 1.15 bits per heavy atom. The summed E-state index contributed by atoms with van der Waals surface area (Å²) < 4.78 is 30.0. The molecule has 4 aromatic rings. The fourth-order valence-corrected chi connectivity index (χ4v) is 5.38. The average molecular weight is 498 g/mol. The molecular formula is C24H23N3O5S2. The number of fused-ring (bicyclic) bond motifs is 1. The molecular weight excluding hydrogens is 474 g/mol. The highest BCUT2D eigenvalue weighted by Crippen LogP contribution is 2.37. The number of nitrogens with zero attached hydrogens (tertiary/aromatic N) is 2. The van der Waals surface area contributed by atoms with Crippen LogP contribution in [-0.4, -0.2) is 41.8 Å². The van der Waals surface area contributed by atoms with E-state index >= 15 is 0 Å². The number of esters is 1. The van der Waals surface area contributed by atoms with Gasteiger partial charge in [-0.2, -0.15) is 0 Å². The summed E-state index contributed by atoms with van der Waals surface area (Å²) in [6.45, 7) is 3.58. The smallest absolute Gasteiger partial charge is 0.348 e. The van der Waals surface area contributed by atoms with Crippen LogP contribution in [0.25, 0.3) is 10.2 Å². The maximum absolute atomic E-state index is 12.8. The zero-order chi connectivity index (χ0) is 24.3. The number of hydrogen-bond acceptors (Lipinski definition) is 9. The van der Waals surface area contributed by atoms with Crippen molar-refractivity contribution in [2.24, 2.45) is 0 Å². The number of anilines is 2. The van der Waals surface area contributed by atoms with Gasteiger partial charge in [0.2, 0.25) is 0 Å². The van der Waals surface area contributed by atoms with Crippen molar-refractivity contribution < 1.29 is 23.1 Å². The average Bonchev–Trinajstić information content (AvgIpc) is 3.18. The zero-order valence-corrected chi connectivity index (χ0v) is 20.2. The summed E-state index contributed by atoms with van der Waals surface area (Å²) in [5.41, 5.74) is 1.91. The molecule has 0 aliphatic heterocycles. The van der Waals surface area contributed by atoms with E-state index < -0.39 is 15.8 Å². The predicted octanol–water partition coefficient (Wildman–Crippen LogP) is 4.64. The largest absolute Gasteiger partial charge is 0.506 e. The third-order valence-corrected chi connectivity index (χ3v) is 8.25. The molecule has 0 unspecified atom stereocenters. The summed E-state index contributed by atoms with van der Waals surface area (Å²) in [6.07, 6.45) is 1.95. The first kappa shape index (κ1) is 23.7. The van der Waals surface area contributed by atoms with Crippen LogP contribution >= 0.6 is 11.3 Å². The van der Waals surface area contributed by atoms with Gasteiger partial charge < -0.3 is 15.2 Å². The number of carbonyl (C=O) groups is 1. The lowest BCUT2D eigenvalue weighted by Crippen LogP contribution is -2.08. The number of ether oxygens (including phenoxy) is 1. The van der Waals surface area contributed by atoms with Gasteiger partial charge in [0, 0.05) is 6.42 Å². The molecule has 176 valence electrons. The predicted molar refractivity (Wildman–Crippen MR) is 132 cm³/mol. The van der Waals surface area contributed by atoms with E-state index in [1.807, 2.05) is 30.3 Å². The van der Waals surface area contributed by atoms with Crippen LogP contribution in [0.4, 0.5) is 11.5 Å². The number of carbonyl (C=O) groups excluding carboxylic acids is 1. The zero-order valence-electron chi connectivity index (χ0n) is 18.6. The number of phenols is 1. The summed E-state index contributed by atoms with van der Waals surface area (Å²) in [4.78, 5) is 22.4. The lowest BCUT2D eigenvalue weighted by atomic mass is 10.2. The first-order valence-electron chi connectivity index (χ1n) is 10.6. The number of thiophene rings is 1. The molecule has 2 N–H and O–H groups in total. The SMILES string of the molecule is CCS(=O)(=O)c1ccc(O)c(Nc2ncnc3sc(C(=O)OCCc4ccccc4)c(C)c23)c1. The minimum atomic E-state index is -3.46. The van der Waals surface area contributed by atoms with E-state index in [0.717, 1.165) is 5.56 Å². The van der Waals surface area contributed by atoms with Crippen molar-refractivity contribution in [1.82, 2.24) is 9.97 Å². The minimum absolute atomic E-state index is 0.0612. The lowest BCUT2D eigenvalue weighted by Gasteiger charge is -2.11. The number of rotatable bonds is 8. The first-order valence-corrected chi connectivity index (χ1v) is 13.0. The van der Waals surface area contributed by atoms with Crippen LogP contribution in [0.1, 0.15) is 27.7 Å². The van der Waals surface area contributed by atoms with Gasteiger partial charge in [0.05, 0.1) is 28.3 Å². The van der Waals surface area contributed by atoms with Gasteiger partial charge in [-0.05, 0) is 36.2 Å². The Hall–Kier alpha value is -3.50. The summed E-state index contributed by atoms with van der Waals surface area (Å²) >= 11 is 1.19. The van der Waals surface area contributed by atoms with Gasteiger partial charge in [-0.3, -0.25) is 0 Å². The molecule has 0 bridgehead atoms. The molecule has 0 saturated carbocycles. The molecule has 0 atom stereocenters. The fourth-order valence-electron chi connectivity index (χ4n) is 3.44. The molecule has 4 rings (SSSR count). The van der Waals surface area contributed by atoms with Crippen molar-refractivity contribution in [3.63, 3.8) is 0 Å². The number of aromatic nitrogens is 2. The highest BCUT2D eigenvalue weighted by Gasteiger charge is 2.21. The standard InChI is InChI=1S/C24H23N3O5S2/c1-3-34(30,31)17-9-10-19(28)18(13-17)27-22-20-15(2)21(33-23(20)26-14-25-22)24(29)32-12-11-16-7-5-4-6-8-16/h4-10,13-14,28H,3,11-12H2,1-2H3,(H,25,26,27). The number of nitrogens with one attached hydrogen (secondary N) is 1. The van der Waals surface area contributed by atoms with Gasteiger partial charge in [0.1, 0.15) is 27.6 Å². The topological polar surface area (TPSA) is 118 Å². The third-order valence-electron chi connectivity index (χ3n) is 5.34. The number of sulfone groups is 1. The number of hydrogen-bond donors (Lipinski definition) is 2. The fraction of sp³-hybridized carbons (Fsp3) is 0.208. The second-order valence-electron chi connectivity index (χ2n) is 7.54. The molecule has 0 radical (unpaired) electrons. The van der Waals surface area contributed by atoms with E-state index in [9.17, 15) is 18.3 Å². The van der Waals surface area contributed by atoms with Crippen molar-refractivity contribution >= 4 is 48.9 Å². The van der Waals surface area contributed by atoms with Gasteiger partial charge in [-0.15, -0.1) is 11.3 Å². The molecule has 2 heterocycles. The van der Waals surface area contributed by atoms with E-state index in [1.54, 1.807) is 13.8 Å². The number of benzene rings is 2. The van der Waals surface area contributed by atoms with E-state index in [4.69, 9.17) is 4.74 Å². The highest BCUT2D eigenvalue weighted by molar-refractivity contribution is 7.91. The van der Waals surface area contributed by atoms with Crippen LogP contribution in [0.15, 0.2) is 59.8 Å². The van der Waals surface area contributed by atoms with Crippen molar-refractivity contribution in [3.8, 4) is 5.75 Å². The lowest BCUT2D eigenvalue weighted by molar-refractivity contribution is 0.0514. The Morgan fingerprint density at radius 2 is 1.91 bits per heavy atom. The summed E-state index contributed by atoms with van der Waals surface area (Å²) in [6, 6.07) is 13.8. The second-order valence-corrected chi connectivity index (χ2v) is 10.8. The Kier molecular flexibility index (Phi) is 6.80. The van der Waals surface area contributed by atoms with Crippen LogP contribution < -0.4 is 5.32 Å². The molecule has 0 spiro atoms. The Balaban J connectivity index is 1.60. The van der Waals surface area contributed by atoms with Crippen LogP contribution in [0, 0.1) is 6.92 Å². The van der Waals surface area contributed by atoms with E-state index in [1.165, 1.54) is 35.9 Å². The van der Waals surface area contributed by atoms with Gasteiger partial charge in [-0.25, -0.2) is 23.2 Å². The molecule has 2 aromatic heterocycles. The molecule has 10 heteroatoms. The number of aryl methyl sites for hydroxylation is 1. The van der Waals surface area contributed by atoms with Crippen molar-refractivity contribution in [2.75, 3.05) is 17.7 Å².